The van der Waals surface area contributed by atoms with Crippen molar-refractivity contribution in [2.45, 2.75) is 6.18 Å². The third kappa shape index (κ3) is 3.56. The van der Waals surface area contributed by atoms with Gasteiger partial charge in [0, 0.05) is 28.5 Å². The Morgan fingerprint density at radius 1 is 1.04 bits per heavy atom. The summed E-state index contributed by atoms with van der Waals surface area (Å²) in [5.74, 6) is 0. The minimum Gasteiger partial charge on any atom is -0.337 e. The number of anilines is 1. The molecule has 2 aromatic carbocycles. The maximum absolute atomic E-state index is 12.8. The molecule has 1 aliphatic heterocycles. The summed E-state index contributed by atoms with van der Waals surface area (Å²) in [5.41, 5.74) is 2.39. The van der Waals surface area contributed by atoms with Crippen LogP contribution in [0.5, 0.6) is 0 Å². The van der Waals surface area contributed by atoms with Crippen molar-refractivity contribution >= 4 is 23.0 Å². The van der Waals surface area contributed by atoms with Crippen LogP contribution < -0.4 is 4.90 Å². The van der Waals surface area contributed by atoms with E-state index in [1.807, 2.05) is 30.3 Å². The maximum Gasteiger partial charge on any atom is 0.406 e. The smallest absolute Gasteiger partial charge is 0.337 e. The van der Waals surface area contributed by atoms with Crippen LogP contribution in [0.4, 0.5) is 18.9 Å². The normalized spacial score (nSPS) is 14.3. The monoisotopic (exact) mass is 336 g/mol. The molecule has 0 amide bonds. The number of rotatable bonds is 2. The van der Waals surface area contributed by atoms with Crippen LogP contribution in [0.25, 0.3) is 0 Å². The molecule has 118 valence electrons. The molecule has 2 nitrogen and oxygen atoms in total. The molecule has 6 heteroatoms. The zero-order valence-electron chi connectivity index (χ0n) is 11.9. The minimum absolute atomic E-state index is 0.420. The van der Waals surface area contributed by atoms with Crippen LogP contribution >= 0.6 is 11.6 Å². The maximum atomic E-state index is 12.8. The largest absolute Gasteiger partial charge is 0.406 e. The van der Waals surface area contributed by atoms with Crippen molar-refractivity contribution in [3.05, 3.63) is 77.1 Å². The van der Waals surface area contributed by atoms with Crippen molar-refractivity contribution in [2.75, 3.05) is 11.4 Å². The molecule has 0 aliphatic carbocycles. The highest BCUT2D eigenvalue weighted by Gasteiger charge is 2.32. The first-order chi connectivity index (χ1) is 10.9. The van der Waals surface area contributed by atoms with Crippen LogP contribution in [0.15, 0.2) is 65.9 Å². The highest BCUT2D eigenvalue weighted by atomic mass is 35.5. The predicted octanol–water partition coefficient (Wildman–Crippen LogP) is 5.03. The number of nitrogens with zero attached hydrogens (tertiary/aromatic N) is 2. The molecular weight excluding hydrogens is 325 g/mol. The number of halogens is 4. The Labute approximate surface area is 136 Å². The number of hydrogen-bond donors (Lipinski definition) is 0. The molecule has 0 bridgehead atoms. The second-order valence-corrected chi connectivity index (χ2v) is 5.48. The van der Waals surface area contributed by atoms with Crippen LogP contribution in [0.3, 0.4) is 0 Å². The van der Waals surface area contributed by atoms with E-state index in [4.69, 9.17) is 11.6 Å². The van der Waals surface area contributed by atoms with E-state index in [1.165, 1.54) is 12.4 Å². The molecule has 23 heavy (non-hydrogen) atoms. The lowest BCUT2D eigenvalue weighted by Gasteiger charge is -2.23. The fraction of sp³-hybridized carbons (Fsp3) is 0.118. The van der Waals surface area contributed by atoms with E-state index < -0.39 is 12.7 Å². The van der Waals surface area contributed by atoms with Crippen molar-refractivity contribution in [1.82, 2.24) is 0 Å². The van der Waals surface area contributed by atoms with Crippen LogP contribution in [-0.4, -0.2) is 18.4 Å². The molecule has 0 atom stereocenters. The summed E-state index contributed by atoms with van der Waals surface area (Å²) >= 11 is 6.05. The van der Waals surface area contributed by atoms with Gasteiger partial charge in [-0.05, 0) is 18.2 Å². The Bertz CT molecular complexity index is 767. The van der Waals surface area contributed by atoms with Crippen molar-refractivity contribution in [2.24, 2.45) is 4.99 Å². The van der Waals surface area contributed by atoms with Gasteiger partial charge in [-0.15, -0.1) is 0 Å². The SMILES string of the molecule is FC(F)(F)CN1C=CN=C(c2ccccc2)c2cc(Cl)ccc21. The van der Waals surface area contributed by atoms with E-state index in [2.05, 4.69) is 4.99 Å². The first kappa shape index (κ1) is 15.6. The molecule has 0 N–H and O–H groups in total. The lowest BCUT2D eigenvalue weighted by Crippen LogP contribution is -2.30. The number of hydrogen-bond acceptors (Lipinski definition) is 2. The van der Waals surface area contributed by atoms with E-state index in [-0.39, 0.29) is 0 Å². The average molecular weight is 337 g/mol. The van der Waals surface area contributed by atoms with E-state index in [0.717, 1.165) is 10.5 Å². The first-order valence-electron chi connectivity index (χ1n) is 6.87. The van der Waals surface area contributed by atoms with E-state index in [9.17, 15) is 13.2 Å². The fourth-order valence-corrected chi connectivity index (χ4v) is 2.62. The third-order valence-corrected chi connectivity index (χ3v) is 3.61. The van der Waals surface area contributed by atoms with Crippen molar-refractivity contribution in [1.29, 1.82) is 0 Å². The van der Waals surface area contributed by atoms with Gasteiger partial charge in [0.15, 0.2) is 0 Å². The molecule has 0 radical (unpaired) electrons. The fourth-order valence-electron chi connectivity index (χ4n) is 2.44. The van der Waals surface area contributed by atoms with Crippen LogP contribution in [0.1, 0.15) is 11.1 Å². The van der Waals surface area contributed by atoms with Gasteiger partial charge in [-0.2, -0.15) is 13.2 Å². The first-order valence-corrected chi connectivity index (χ1v) is 7.25. The molecule has 0 saturated carbocycles. The van der Waals surface area contributed by atoms with Gasteiger partial charge in [0.25, 0.3) is 0 Å². The lowest BCUT2D eigenvalue weighted by atomic mass is 10.00. The number of fused-ring (bicyclic) bond motifs is 1. The summed E-state index contributed by atoms with van der Waals surface area (Å²) in [4.78, 5) is 5.45. The van der Waals surface area contributed by atoms with Crippen molar-refractivity contribution < 1.29 is 13.2 Å². The zero-order valence-corrected chi connectivity index (χ0v) is 12.6. The summed E-state index contributed by atoms with van der Waals surface area (Å²) in [7, 11) is 0. The molecule has 3 rings (SSSR count). The van der Waals surface area contributed by atoms with Crippen molar-refractivity contribution in [3.63, 3.8) is 0 Å². The van der Waals surface area contributed by atoms with E-state index in [1.54, 1.807) is 18.2 Å². The lowest BCUT2D eigenvalue weighted by molar-refractivity contribution is -0.118. The molecule has 0 saturated heterocycles. The Balaban J connectivity index is 2.12. The van der Waals surface area contributed by atoms with Crippen LogP contribution in [-0.2, 0) is 0 Å². The molecule has 1 aliphatic rings. The van der Waals surface area contributed by atoms with Crippen LogP contribution in [0.2, 0.25) is 5.02 Å². The molecule has 2 aromatic rings. The Kier molecular flexibility index (Phi) is 4.13. The highest BCUT2D eigenvalue weighted by molar-refractivity contribution is 6.31. The third-order valence-electron chi connectivity index (χ3n) is 3.37. The van der Waals surface area contributed by atoms with E-state index in [0.29, 0.717) is 22.0 Å². The Morgan fingerprint density at radius 2 is 1.78 bits per heavy atom. The van der Waals surface area contributed by atoms with Gasteiger partial charge < -0.3 is 4.90 Å². The zero-order chi connectivity index (χ0) is 16.4. The number of benzene rings is 2. The summed E-state index contributed by atoms with van der Waals surface area (Å²) in [6.45, 7) is -1.09. The number of aliphatic imine (C=N–C) groups is 1. The number of alkyl halides is 3. The summed E-state index contributed by atoms with van der Waals surface area (Å²) in [6.07, 6.45) is -1.61. The molecule has 0 unspecified atom stereocenters. The summed E-state index contributed by atoms with van der Waals surface area (Å²) in [5, 5.41) is 0.446. The molecule has 0 spiro atoms. The van der Waals surface area contributed by atoms with Gasteiger partial charge >= 0.3 is 6.18 Å². The quantitative estimate of drug-likeness (QED) is 0.751. The van der Waals surface area contributed by atoms with Crippen LogP contribution in [0, 0.1) is 0 Å². The predicted molar refractivity (Wildman–Crippen MR) is 86.1 cm³/mol. The van der Waals surface area contributed by atoms with E-state index >= 15 is 0 Å². The second kappa shape index (κ2) is 6.08. The van der Waals surface area contributed by atoms with Crippen molar-refractivity contribution in [3.8, 4) is 0 Å². The Hall–Kier alpha value is -2.27. The molecule has 0 aromatic heterocycles. The minimum atomic E-state index is -4.32. The van der Waals surface area contributed by atoms with Gasteiger partial charge in [-0.25, -0.2) is 0 Å². The second-order valence-electron chi connectivity index (χ2n) is 5.05. The standard InChI is InChI=1S/C17H12ClF3N2/c18-13-6-7-15-14(10-13)16(12-4-2-1-3-5-12)22-8-9-23(15)11-17(19,20)21/h1-10H,11H2. The Morgan fingerprint density at radius 3 is 2.48 bits per heavy atom. The van der Waals surface area contributed by atoms with Gasteiger partial charge in [0.05, 0.1) is 11.4 Å². The summed E-state index contributed by atoms with van der Waals surface area (Å²) < 4.78 is 38.5. The topological polar surface area (TPSA) is 15.6 Å². The summed E-state index contributed by atoms with van der Waals surface area (Å²) in [6, 6.07) is 14.1. The van der Waals surface area contributed by atoms with Gasteiger partial charge in [-0.1, -0.05) is 41.9 Å². The molecule has 1 heterocycles. The highest BCUT2D eigenvalue weighted by Crippen LogP contribution is 2.31. The van der Waals surface area contributed by atoms with Gasteiger partial charge in [-0.3, -0.25) is 4.99 Å². The molecule has 0 fully saturated rings. The average Bonchev–Trinajstić information content (AvgIpc) is 2.66. The molecular formula is C17H12ClF3N2. The van der Waals surface area contributed by atoms with Gasteiger partial charge in [0.2, 0.25) is 0 Å². The van der Waals surface area contributed by atoms with Gasteiger partial charge in [0.1, 0.15) is 6.54 Å².